The van der Waals surface area contributed by atoms with E-state index in [1.165, 1.54) is 0 Å². The van der Waals surface area contributed by atoms with Crippen molar-refractivity contribution in [2.24, 2.45) is 5.92 Å². The molecule has 1 aromatic heterocycles. The molecular formula is C11H17N3O2. The molecule has 1 unspecified atom stereocenters. The zero-order chi connectivity index (χ0) is 12.1. The average Bonchev–Trinajstić information content (AvgIpc) is 2.25. The van der Waals surface area contributed by atoms with Crippen molar-refractivity contribution in [3.8, 4) is 0 Å². The van der Waals surface area contributed by atoms with Crippen LogP contribution >= 0.6 is 0 Å². The van der Waals surface area contributed by atoms with Gasteiger partial charge in [0.25, 0.3) is 0 Å². The summed E-state index contributed by atoms with van der Waals surface area (Å²) in [7, 11) is 0. The molecule has 0 saturated heterocycles. The maximum Gasteiger partial charge on any atom is 0.308 e. The average molecular weight is 223 g/mol. The molecule has 1 N–H and O–H groups in total. The van der Waals surface area contributed by atoms with Crippen LogP contribution in [0.3, 0.4) is 0 Å². The van der Waals surface area contributed by atoms with Crippen LogP contribution in [-0.4, -0.2) is 34.1 Å². The Kier molecular flexibility index (Phi) is 4.22. The highest BCUT2D eigenvalue weighted by Gasteiger charge is 2.16. The molecule has 16 heavy (non-hydrogen) atoms. The van der Waals surface area contributed by atoms with Gasteiger partial charge in [0.05, 0.1) is 5.92 Å². The van der Waals surface area contributed by atoms with Crippen LogP contribution in [0.2, 0.25) is 0 Å². The minimum atomic E-state index is -0.788. The number of carbonyl (C=O) groups is 1. The number of carboxylic acids is 1. The predicted molar refractivity (Wildman–Crippen MR) is 61.5 cm³/mol. The molecule has 0 radical (unpaired) electrons. The van der Waals surface area contributed by atoms with Gasteiger partial charge < -0.3 is 10.0 Å². The fourth-order valence-electron chi connectivity index (χ4n) is 1.41. The smallest absolute Gasteiger partial charge is 0.308 e. The van der Waals surface area contributed by atoms with E-state index in [0.29, 0.717) is 12.4 Å². The highest BCUT2D eigenvalue weighted by molar-refractivity contribution is 5.70. The summed E-state index contributed by atoms with van der Waals surface area (Å²) >= 11 is 0. The first-order chi connectivity index (χ1) is 7.54. The summed E-state index contributed by atoms with van der Waals surface area (Å²) in [6.45, 7) is 6.68. The van der Waals surface area contributed by atoms with Crippen LogP contribution in [0.15, 0.2) is 12.3 Å². The summed E-state index contributed by atoms with van der Waals surface area (Å²) in [4.78, 5) is 21.0. The zero-order valence-corrected chi connectivity index (χ0v) is 9.84. The van der Waals surface area contributed by atoms with Gasteiger partial charge >= 0.3 is 5.97 Å². The molecule has 1 rings (SSSR count). The van der Waals surface area contributed by atoms with Crippen molar-refractivity contribution in [1.82, 2.24) is 9.97 Å². The third-order valence-electron chi connectivity index (χ3n) is 2.38. The maximum absolute atomic E-state index is 10.8. The molecule has 1 heterocycles. The molecule has 0 aliphatic heterocycles. The number of rotatable bonds is 5. The minimum absolute atomic E-state index is 0.407. The van der Waals surface area contributed by atoms with Crippen LogP contribution in [0.25, 0.3) is 0 Å². The van der Waals surface area contributed by atoms with Crippen LogP contribution in [0, 0.1) is 12.8 Å². The fourth-order valence-corrected chi connectivity index (χ4v) is 1.41. The normalized spacial score (nSPS) is 12.2. The highest BCUT2D eigenvalue weighted by Crippen LogP contribution is 2.11. The molecule has 5 heteroatoms. The molecule has 1 aromatic rings. The van der Waals surface area contributed by atoms with Gasteiger partial charge in [-0.25, -0.2) is 9.97 Å². The minimum Gasteiger partial charge on any atom is -0.481 e. The van der Waals surface area contributed by atoms with Crippen LogP contribution in [0.4, 0.5) is 5.82 Å². The summed E-state index contributed by atoms with van der Waals surface area (Å²) in [6, 6.07) is 1.80. The lowest BCUT2D eigenvalue weighted by Gasteiger charge is -2.23. The number of aryl methyl sites for hydroxylation is 1. The van der Waals surface area contributed by atoms with Crippen molar-refractivity contribution in [2.45, 2.75) is 20.8 Å². The first-order valence-electron chi connectivity index (χ1n) is 5.32. The van der Waals surface area contributed by atoms with E-state index in [9.17, 15) is 4.79 Å². The Morgan fingerprint density at radius 2 is 2.31 bits per heavy atom. The van der Waals surface area contributed by atoms with E-state index >= 15 is 0 Å². The van der Waals surface area contributed by atoms with Crippen molar-refractivity contribution >= 4 is 11.8 Å². The molecule has 0 fully saturated rings. The van der Waals surface area contributed by atoms with Gasteiger partial charge in [0.2, 0.25) is 0 Å². The van der Waals surface area contributed by atoms with Gasteiger partial charge in [-0.2, -0.15) is 0 Å². The van der Waals surface area contributed by atoms with E-state index in [0.717, 1.165) is 12.4 Å². The van der Waals surface area contributed by atoms with Crippen molar-refractivity contribution in [1.29, 1.82) is 0 Å². The standard InChI is InChI=1S/C11H17N3O2/c1-4-14(7-8(2)11(15)16)10-5-6-12-9(3)13-10/h5-6,8H,4,7H2,1-3H3,(H,15,16). The molecule has 88 valence electrons. The van der Waals surface area contributed by atoms with Gasteiger partial charge in [-0.15, -0.1) is 0 Å². The Morgan fingerprint density at radius 1 is 1.62 bits per heavy atom. The monoisotopic (exact) mass is 223 g/mol. The Balaban J connectivity index is 2.78. The summed E-state index contributed by atoms with van der Waals surface area (Å²) in [5, 5.41) is 8.87. The maximum atomic E-state index is 10.8. The van der Waals surface area contributed by atoms with Crippen molar-refractivity contribution in [2.75, 3.05) is 18.0 Å². The van der Waals surface area contributed by atoms with Gasteiger partial charge in [0.15, 0.2) is 0 Å². The predicted octanol–water partition coefficient (Wildman–Crippen LogP) is 1.33. The molecule has 0 aromatic carbocycles. The largest absolute Gasteiger partial charge is 0.481 e. The SMILES string of the molecule is CCN(CC(C)C(=O)O)c1ccnc(C)n1. The number of aliphatic carboxylic acids is 1. The van der Waals surface area contributed by atoms with E-state index in [1.807, 2.05) is 18.7 Å². The Morgan fingerprint density at radius 3 is 2.81 bits per heavy atom. The van der Waals surface area contributed by atoms with Crippen LogP contribution in [-0.2, 0) is 4.79 Å². The molecule has 1 atom stereocenters. The topological polar surface area (TPSA) is 66.3 Å². The van der Waals surface area contributed by atoms with Crippen molar-refractivity contribution < 1.29 is 9.90 Å². The number of anilines is 1. The first-order valence-corrected chi connectivity index (χ1v) is 5.32. The number of aromatic nitrogens is 2. The summed E-state index contributed by atoms with van der Waals surface area (Å²) in [5.74, 6) is 0.279. The molecule has 0 aliphatic carbocycles. The number of nitrogens with zero attached hydrogens (tertiary/aromatic N) is 3. The van der Waals surface area contributed by atoms with Crippen LogP contribution in [0.5, 0.6) is 0 Å². The van der Waals surface area contributed by atoms with Gasteiger partial charge in [-0.05, 0) is 19.9 Å². The van der Waals surface area contributed by atoms with E-state index in [2.05, 4.69) is 9.97 Å². The van der Waals surface area contributed by atoms with Gasteiger partial charge in [0, 0.05) is 19.3 Å². The van der Waals surface area contributed by atoms with Gasteiger partial charge in [-0.3, -0.25) is 4.79 Å². The van der Waals surface area contributed by atoms with Crippen LogP contribution in [0.1, 0.15) is 19.7 Å². The van der Waals surface area contributed by atoms with E-state index in [1.54, 1.807) is 19.2 Å². The highest BCUT2D eigenvalue weighted by atomic mass is 16.4. The van der Waals surface area contributed by atoms with Gasteiger partial charge in [0.1, 0.15) is 11.6 Å². The Bertz CT molecular complexity index is 368. The molecule has 0 saturated carbocycles. The summed E-state index contributed by atoms with van der Waals surface area (Å²) < 4.78 is 0. The first kappa shape index (κ1) is 12.4. The molecule has 0 aliphatic rings. The molecule has 5 nitrogen and oxygen atoms in total. The fraction of sp³-hybridized carbons (Fsp3) is 0.545. The third-order valence-corrected chi connectivity index (χ3v) is 2.38. The second kappa shape index (κ2) is 5.44. The van der Waals surface area contributed by atoms with Crippen molar-refractivity contribution in [3.05, 3.63) is 18.1 Å². The Hall–Kier alpha value is -1.65. The lowest BCUT2D eigenvalue weighted by molar-refractivity contribution is -0.140. The summed E-state index contributed by atoms with van der Waals surface area (Å²) in [5.41, 5.74) is 0. The zero-order valence-electron chi connectivity index (χ0n) is 9.84. The van der Waals surface area contributed by atoms with E-state index < -0.39 is 11.9 Å². The molecule has 0 spiro atoms. The molecular weight excluding hydrogens is 206 g/mol. The number of hydrogen-bond donors (Lipinski definition) is 1. The molecule has 0 amide bonds. The van der Waals surface area contributed by atoms with E-state index in [-0.39, 0.29) is 0 Å². The second-order valence-corrected chi connectivity index (χ2v) is 3.74. The molecule has 0 bridgehead atoms. The van der Waals surface area contributed by atoms with Gasteiger partial charge in [-0.1, -0.05) is 6.92 Å². The second-order valence-electron chi connectivity index (χ2n) is 3.74. The quantitative estimate of drug-likeness (QED) is 0.815. The summed E-state index contributed by atoms with van der Waals surface area (Å²) in [6.07, 6.45) is 1.69. The van der Waals surface area contributed by atoms with Crippen LogP contribution < -0.4 is 4.90 Å². The lowest BCUT2D eigenvalue weighted by atomic mass is 10.1. The Labute approximate surface area is 95.1 Å². The van der Waals surface area contributed by atoms with Crippen molar-refractivity contribution in [3.63, 3.8) is 0 Å². The van der Waals surface area contributed by atoms with E-state index in [4.69, 9.17) is 5.11 Å². The third kappa shape index (κ3) is 3.18. The lowest BCUT2D eigenvalue weighted by Crippen LogP contribution is -2.32. The number of carboxylic acid groups (broad SMARTS) is 1. The number of hydrogen-bond acceptors (Lipinski definition) is 4.